The molecule has 1 heterocycles. The van der Waals surface area contributed by atoms with E-state index in [1.165, 1.54) is 23.5 Å². The molecule has 1 amide bonds. The van der Waals surface area contributed by atoms with Crippen molar-refractivity contribution in [3.05, 3.63) is 52.2 Å². The molecule has 1 unspecified atom stereocenters. The van der Waals surface area contributed by atoms with Crippen molar-refractivity contribution in [2.75, 3.05) is 13.7 Å². The number of carbonyl (C=O) groups is 1. The maximum Gasteiger partial charge on any atom is 0.251 e. The van der Waals surface area contributed by atoms with Crippen LogP contribution in [0.3, 0.4) is 0 Å². The summed E-state index contributed by atoms with van der Waals surface area (Å²) in [4.78, 5) is 13.2. The SMILES string of the molecule is COCC(C)NC(=O)c1cccc(S(=O)(=O)NCc2cccs2)c1. The largest absolute Gasteiger partial charge is 0.383 e. The fraction of sp³-hybridized carbons (Fsp3) is 0.312. The second-order valence-electron chi connectivity index (χ2n) is 5.26. The standard InChI is InChI=1S/C16H20N2O4S2/c1-12(11-22-2)18-16(19)13-5-3-7-15(9-13)24(20,21)17-10-14-6-4-8-23-14/h3-9,12,17H,10-11H2,1-2H3,(H,18,19). The highest BCUT2D eigenvalue weighted by atomic mass is 32.2. The Morgan fingerprint density at radius 3 is 2.75 bits per heavy atom. The topological polar surface area (TPSA) is 84.5 Å². The van der Waals surface area contributed by atoms with Gasteiger partial charge in [-0.25, -0.2) is 13.1 Å². The Morgan fingerprint density at radius 1 is 1.29 bits per heavy atom. The number of carbonyl (C=O) groups excluding carboxylic acids is 1. The van der Waals surface area contributed by atoms with Crippen LogP contribution in [-0.4, -0.2) is 34.1 Å². The summed E-state index contributed by atoms with van der Waals surface area (Å²) in [5, 5.41) is 4.64. The van der Waals surface area contributed by atoms with E-state index in [-0.39, 0.29) is 29.0 Å². The quantitative estimate of drug-likeness (QED) is 0.746. The predicted octanol–water partition coefficient (Wildman–Crippen LogP) is 1.99. The molecule has 2 rings (SSSR count). The van der Waals surface area contributed by atoms with E-state index in [1.807, 2.05) is 24.4 Å². The molecule has 2 N–H and O–H groups in total. The molecule has 24 heavy (non-hydrogen) atoms. The molecule has 0 aliphatic carbocycles. The number of hydrogen-bond acceptors (Lipinski definition) is 5. The van der Waals surface area contributed by atoms with Crippen molar-refractivity contribution in [3.8, 4) is 0 Å². The van der Waals surface area contributed by atoms with Gasteiger partial charge in [0.15, 0.2) is 0 Å². The van der Waals surface area contributed by atoms with Crippen molar-refractivity contribution in [1.29, 1.82) is 0 Å². The zero-order valence-corrected chi connectivity index (χ0v) is 15.1. The fourth-order valence-electron chi connectivity index (χ4n) is 2.07. The molecule has 2 aromatic rings. The summed E-state index contributed by atoms with van der Waals surface area (Å²) in [7, 11) is -2.13. The van der Waals surface area contributed by atoms with Crippen LogP contribution in [0.5, 0.6) is 0 Å². The van der Waals surface area contributed by atoms with Crippen LogP contribution in [0.4, 0.5) is 0 Å². The van der Waals surface area contributed by atoms with Crippen molar-refractivity contribution in [1.82, 2.24) is 10.0 Å². The molecule has 0 aliphatic rings. The lowest BCUT2D eigenvalue weighted by molar-refractivity contribution is 0.0905. The Morgan fingerprint density at radius 2 is 2.08 bits per heavy atom. The maximum absolute atomic E-state index is 12.4. The van der Waals surface area contributed by atoms with Crippen molar-refractivity contribution in [3.63, 3.8) is 0 Å². The molecule has 0 saturated carbocycles. The number of sulfonamides is 1. The van der Waals surface area contributed by atoms with Crippen molar-refractivity contribution >= 4 is 27.3 Å². The first-order valence-corrected chi connectivity index (χ1v) is 9.70. The van der Waals surface area contributed by atoms with Gasteiger partial charge in [0, 0.05) is 30.1 Å². The van der Waals surface area contributed by atoms with Crippen LogP contribution >= 0.6 is 11.3 Å². The minimum absolute atomic E-state index is 0.0612. The number of rotatable bonds is 8. The lowest BCUT2D eigenvalue weighted by Crippen LogP contribution is -2.35. The van der Waals surface area contributed by atoms with E-state index >= 15 is 0 Å². The van der Waals surface area contributed by atoms with Gasteiger partial charge in [-0.3, -0.25) is 4.79 Å². The Bertz CT molecular complexity index is 773. The Hall–Kier alpha value is -1.74. The summed E-state index contributed by atoms with van der Waals surface area (Å²) in [6.07, 6.45) is 0. The predicted molar refractivity (Wildman–Crippen MR) is 93.6 cm³/mol. The van der Waals surface area contributed by atoms with Crippen LogP contribution in [-0.2, 0) is 21.3 Å². The van der Waals surface area contributed by atoms with E-state index < -0.39 is 10.0 Å². The van der Waals surface area contributed by atoms with E-state index in [2.05, 4.69) is 10.0 Å². The summed E-state index contributed by atoms with van der Waals surface area (Å²) in [6, 6.07) is 9.51. The Labute approximate surface area is 145 Å². The summed E-state index contributed by atoms with van der Waals surface area (Å²) < 4.78 is 32.2. The lowest BCUT2D eigenvalue weighted by atomic mass is 10.2. The third-order valence-corrected chi connectivity index (χ3v) is 5.49. The molecule has 1 aromatic heterocycles. The summed E-state index contributed by atoms with van der Waals surface area (Å²) in [5.74, 6) is -0.338. The molecular weight excluding hydrogens is 348 g/mol. The first-order chi connectivity index (χ1) is 11.4. The summed E-state index contributed by atoms with van der Waals surface area (Å²) in [6.45, 7) is 2.41. The molecule has 1 atom stereocenters. The average molecular weight is 368 g/mol. The molecule has 0 spiro atoms. The van der Waals surface area contributed by atoms with E-state index in [4.69, 9.17) is 4.74 Å². The van der Waals surface area contributed by atoms with Gasteiger partial charge in [-0.2, -0.15) is 0 Å². The number of hydrogen-bond donors (Lipinski definition) is 2. The molecular formula is C16H20N2O4S2. The fourth-order valence-corrected chi connectivity index (χ4v) is 3.85. The molecule has 6 nitrogen and oxygen atoms in total. The van der Waals surface area contributed by atoms with E-state index in [0.29, 0.717) is 6.61 Å². The van der Waals surface area contributed by atoms with Gasteiger partial charge in [0.05, 0.1) is 11.5 Å². The van der Waals surface area contributed by atoms with Gasteiger partial charge in [0.25, 0.3) is 5.91 Å². The van der Waals surface area contributed by atoms with E-state index in [1.54, 1.807) is 19.2 Å². The third kappa shape index (κ3) is 5.13. The average Bonchev–Trinajstić information content (AvgIpc) is 3.07. The number of amides is 1. The minimum atomic E-state index is -3.68. The van der Waals surface area contributed by atoms with Gasteiger partial charge in [-0.1, -0.05) is 12.1 Å². The zero-order valence-electron chi connectivity index (χ0n) is 13.5. The first-order valence-electron chi connectivity index (χ1n) is 7.34. The molecule has 0 bridgehead atoms. The van der Waals surface area contributed by atoms with Crippen LogP contribution in [0.1, 0.15) is 22.2 Å². The number of benzene rings is 1. The molecule has 1 aromatic carbocycles. The lowest BCUT2D eigenvalue weighted by Gasteiger charge is -2.13. The Balaban J connectivity index is 2.09. The molecule has 130 valence electrons. The van der Waals surface area contributed by atoms with Crippen molar-refractivity contribution in [2.24, 2.45) is 0 Å². The van der Waals surface area contributed by atoms with Gasteiger partial charge in [-0.15, -0.1) is 11.3 Å². The Kier molecular flexibility index (Phi) is 6.50. The maximum atomic E-state index is 12.4. The smallest absolute Gasteiger partial charge is 0.251 e. The van der Waals surface area contributed by atoms with Crippen LogP contribution in [0.2, 0.25) is 0 Å². The normalized spacial score (nSPS) is 12.8. The van der Waals surface area contributed by atoms with Gasteiger partial charge in [0.1, 0.15) is 0 Å². The highest BCUT2D eigenvalue weighted by Gasteiger charge is 2.17. The van der Waals surface area contributed by atoms with Crippen LogP contribution < -0.4 is 10.0 Å². The van der Waals surface area contributed by atoms with Crippen LogP contribution in [0, 0.1) is 0 Å². The molecule has 0 saturated heterocycles. The second-order valence-corrected chi connectivity index (χ2v) is 8.06. The van der Waals surface area contributed by atoms with Gasteiger partial charge < -0.3 is 10.1 Å². The number of methoxy groups -OCH3 is 1. The van der Waals surface area contributed by atoms with Crippen molar-refractivity contribution < 1.29 is 17.9 Å². The minimum Gasteiger partial charge on any atom is -0.383 e. The summed E-state index contributed by atoms with van der Waals surface area (Å²) >= 11 is 1.48. The van der Waals surface area contributed by atoms with Crippen LogP contribution in [0.25, 0.3) is 0 Å². The van der Waals surface area contributed by atoms with Gasteiger partial charge in [-0.05, 0) is 36.6 Å². The first kappa shape index (κ1) is 18.6. The number of ether oxygens (including phenoxy) is 1. The van der Waals surface area contributed by atoms with Crippen LogP contribution in [0.15, 0.2) is 46.7 Å². The van der Waals surface area contributed by atoms with E-state index in [9.17, 15) is 13.2 Å². The second kappa shape index (κ2) is 8.39. The third-order valence-electron chi connectivity index (χ3n) is 3.22. The van der Waals surface area contributed by atoms with E-state index in [0.717, 1.165) is 4.88 Å². The molecule has 8 heteroatoms. The van der Waals surface area contributed by atoms with Gasteiger partial charge in [0.2, 0.25) is 10.0 Å². The summed E-state index contributed by atoms with van der Waals surface area (Å²) in [5.41, 5.74) is 0.289. The molecule has 0 fully saturated rings. The number of thiophene rings is 1. The highest BCUT2D eigenvalue weighted by molar-refractivity contribution is 7.89. The number of nitrogens with one attached hydrogen (secondary N) is 2. The van der Waals surface area contributed by atoms with Crippen molar-refractivity contribution in [2.45, 2.75) is 24.4 Å². The van der Waals surface area contributed by atoms with Gasteiger partial charge >= 0.3 is 0 Å². The highest BCUT2D eigenvalue weighted by Crippen LogP contribution is 2.14. The molecule has 0 radical (unpaired) electrons. The zero-order chi connectivity index (χ0) is 17.6. The molecule has 0 aliphatic heterocycles. The monoisotopic (exact) mass is 368 g/mol.